The number of likely N-dealkylation sites (tertiary alicyclic amines) is 2. The highest BCUT2D eigenvalue weighted by Crippen LogP contribution is 2.40. The van der Waals surface area contributed by atoms with E-state index in [-0.39, 0.29) is 48.2 Å². The van der Waals surface area contributed by atoms with E-state index >= 15 is 0 Å². The van der Waals surface area contributed by atoms with Crippen molar-refractivity contribution in [3.8, 4) is 11.5 Å². The smallest absolute Gasteiger partial charge is 0.309 e. The third-order valence-corrected chi connectivity index (χ3v) is 15.3. The van der Waals surface area contributed by atoms with Gasteiger partial charge in [0.1, 0.15) is 11.5 Å². The number of carboxylic acids is 1. The summed E-state index contributed by atoms with van der Waals surface area (Å²) in [5.74, 6) is 2.28. The summed E-state index contributed by atoms with van der Waals surface area (Å²) in [6.07, 6.45) is 12.9. The Morgan fingerprint density at radius 1 is 0.571 bits per heavy atom. The number of piperidine rings is 2. The topological polar surface area (TPSA) is 88.5 Å². The molecule has 8 nitrogen and oxygen atoms in total. The van der Waals surface area contributed by atoms with E-state index in [2.05, 4.69) is 86.0 Å². The van der Waals surface area contributed by atoms with Crippen LogP contribution in [-0.4, -0.2) is 71.3 Å². The SMILES string of the molecule is CC1CCC(Oc2ccc3ccc(C(C)N4CCC(C(=O)O)CC4)cc3c2Cl)CC1.CC1CCC(Oc2ccc3ccc(C(C)N4CCC(C(=O)OC(C)C)CC4)cc3c2Cl)CC1. The molecule has 4 fully saturated rings. The van der Waals surface area contributed by atoms with Gasteiger partial charge in [-0.25, -0.2) is 0 Å². The van der Waals surface area contributed by atoms with E-state index in [1.165, 1.54) is 36.8 Å². The molecule has 2 aliphatic heterocycles. The van der Waals surface area contributed by atoms with Crippen LogP contribution in [-0.2, 0) is 14.3 Å². The number of carbonyl (C=O) groups is 2. The molecule has 10 heteroatoms. The van der Waals surface area contributed by atoms with Gasteiger partial charge in [-0.2, -0.15) is 0 Å². The van der Waals surface area contributed by atoms with Crippen LogP contribution in [0.15, 0.2) is 60.7 Å². The second kappa shape index (κ2) is 21.6. The summed E-state index contributed by atoms with van der Waals surface area (Å²) in [6.45, 7) is 16.3. The van der Waals surface area contributed by atoms with Crippen LogP contribution in [0.4, 0.5) is 0 Å². The number of ether oxygens (including phenoxy) is 3. The molecule has 0 amide bonds. The number of rotatable bonds is 11. The number of carbonyl (C=O) groups excluding carboxylic acids is 1. The number of esters is 1. The predicted octanol–water partition coefficient (Wildman–Crippen LogP) is 13.5. The van der Waals surface area contributed by atoms with Crippen molar-refractivity contribution in [3.63, 3.8) is 0 Å². The fourth-order valence-electron chi connectivity index (χ4n) is 10.1. The third-order valence-electron chi connectivity index (χ3n) is 14.6. The first-order valence-electron chi connectivity index (χ1n) is 23.9. The lowest BCUT2D eigenvalue weighted by Gasteiger charge is -2.35. The van der Waals surface area contributed by atoms with E-state index in [4.69, 9.17) is 37.4 Å². The van der Waals surface area contributed by atoms with E-state index < -0.39 is 5.97 Å². The van der Waals surface area contributed by atoms with E-state index in [1.807, 2.05) is 26.0 Å². The largest absolute Gasteiger partial charge is 0.489 e. The van der Waals surface area contributed by atoms with Crippen molar-refractivity contribution in [2.45, 2.75) is 149 Å². The van der Waals surface area contributed by atoms with Gasteiger partial charge in [0.25, 0.3) is 0 Å². The van der Waals surface area contributed by atoms with Crippen molar-refractivity contribution in [1.29, 1.82) is 0 Å². The van der Waals surface area contributed by atoms with Gasteiger partial charge < -0.3 is 19.3 Å². The first-order valence-corrected chi connectivity index (χ1v) is 24.7. The van der Waals surface area contributed by atoms with E-state index in [0.717, 1.165) is 115 Å². The number of hydrogen-bond donors (Lipinski definition) is 1. The van der Waals surface area contributed by atoms with Gasteiger partial charge >= 0.3 is 11.9 Å². The van der Waals surface area contributed by atoms with Gasteiger partial charge in [-0.15, -0.1) is 0 Å². The van der Waals surface area contributed by atoms with Gasteiger partial charge in [-0.1, -0.05) is 73.4 Å². The molecule has 2 heterocycles. The standard InChI is InChI=1S/C28H38ClNO3.C25H32ClNO3/c1-18(2)32-28(31)22-13-15-30(16-14-22)20(4)23-8-7-21-9-12-26(27(29)25(21)17-23)33-24-10-5-19(3)6-11-24;1-16-3-8-21(9-4-16)30-23-10-7-18-5-6-20(15-22(18)24(23)26)17(2)27-13-11-19(12-14-27)25(28)29/h7-9,12,17-20,22,24H,5-6,10-11,13-16H2,1-4H3;5-7,10,15-17,19,21H,3-4,8-9,11-14H2,1-2H3,(H,28,29). The molecule has 63 heavy (non-hydrogen) atoms. The Morgan fingerprint density at radius 2 is 0.952 bits per heavy atom. The second-order valence-electron chi connectivity index (χ2n) is 19.5. The van der Waals surface area contributed by atoms with Crippen LogP contribution in [0, 0.1) is 23.7 Å². The minimum Gasteiger partial charge on any atom is -0.489 e. The molecular formula is C53H70Cl2N2O6. The van der Waals surface area contributed by atoms with Crippen LogP contribution in [0.3, 0.4) is 0 Å². The number of hydrogen-bond acceptors (Lipinski definition) is 7. The molecule has 342 valence electrons. The fourth-order valence-corrected chi connectivity index (χ4v) is 10.7. The average Bonchev–Trinajstić information content (AvgIpc) is 3.29. The van der Waals surface area contributed by atoms with Crippen molar-refractivity contribution in [1.82, 2.24) is 9.80 Å². The van der Waals surface area contributed by atoms with Crippen molar-refractivity contribution >= 4 is 56.7 Å². The van der Waals surface area contributed by atoms with Gasteiger partial charge in [0.05, 0.1) is 40.2 Å². The number of benzene rings is 4. The molecule has 4 aliphatic rings. The minimum absolute atomic E-state index is 0.0179. The van der Waals surface area contributed by atoms with E-state index in [1.54, 1.807) is 0 Å². The Labute approximate surface area is 385 Å². The van der Waals surface area contributed by atoms with Crippen LogP contribution in [0.1, 0.15) is 142 Å². The molecule has 0 bridgehead atoms. The predicted molar refractivity (Wildman–Crippen MR) is 256 cm³/mol. The minimum atomic E-state index is -0.667. The Morgan fingerprint density at radius 3 is 1.33 bits per heavy atom. The first-order chi connectivity index (χ1) is 30.2. The lowest BCUT2D eigenvalue weighted by Crippen LogP contribution is -2.38. The van der Waals surface area contributed by atoms with Crippen LogP contribution in [0.25, 0.3) is 21.5 Å². The molecule has 0 aromatic heterocycles. The fraction of sp³-hybridized carbons (Fsp3) is 0.585. The van der Waals surface area contributed by atoms with Crippen LogP contribution in [0.2, 0.25) is 10.0 Å². The number of aliphatic carboxylic acids is 1. The number of fused-ring (bicyclic) bond motifs is 2. The molecule has 8 rings (SSSR count). The first kappa shape index (κ1) is 47.4. The summed E-state index contributed by atoms with van der Waals surface area (Å²) in [5, 5.41) is 15.0. The monoisotopic (exact) mass is 900 g/mol. The van der Waals surface area contributed by atoms with Crippen LogP contribution in [0.5, 0.6) is 11.5 Å². The molecule has 2 aliphatic carbocycles. The lowest BCUT2D eigenvalue weighted by atomic mass is 9.89. The molecular weight excluding hydrogens is 831 g/mol. The van der Waals surface area contributed by atoms with Gasteiger partial charge in [-0.05, 0) is 189 Å². The quantitative estimate of drug-likeness (QED) is 0.149. The maximum Gasteiger partial charge on any atom is 0.309 e. The van der Waals surface area contributed by atoms with Gasteiger partial charge in [-0.3, -0.25) is 19.4 Å². The molecule has 2 saturated heterocycles. The van der Waals surface area contributed by atoms with E-state index in [9.17, 15) is 14.7 Å². The van der Waals surface area contributed by atoms with Gasteiger partial charge in [0, 0.05) is 22.9 Å². The second-order valence-corrected chi connectivity index (χ2v) is 20.3. The van der Waals surface area contributed by atoms with Crippen LogP contribution >= 0.6 is 23.2 Å². The number of nitrogens with zero attached hydrogens (tertiary/aromatic N) is 2. The normalized spacial score (nSPS) is 24.1. The number of halogens is 2. The Bertz CT molecular complexity index is 2160. The Hall–Kier alpha value is -3.56. The molecule has 2 saturated carbocycles. The van der Waals surface area contributed by atoms with Gasteiger partial charge in [0.15, 0.2) is 0 Å². The highest BCUT2D eigenvalue weighted by atomic mass is 35.5. The molecule has 4 aromatic rings. The van der Waals surface area contributed by atoms with Crippen molar-refractivity contribution in [3.05, 3.63) is 81.8 Å². The van der Waals surface area contributed by atoms with Gasteiger partial charge in [0.2, 0.25) is 0 Å². The Kier molecular flexibility index (Phi) is 16.3. The van der Waals surface area contributed by atoms with Crippen LogP contribution < -0.4 is 9.47 Å². The highest BCUT2D eigenvalue weighted by Gasteiger charge is 2.31. The summed E-state index contributed by atoms with van der Waals surface area (Å²) in [7, 11) is 0. The lowest BCUT2D eigenvalue weighted by molar-refractivity contribution is -0.154. The molecule has 1 N–H and O–H groups in total. The Balaban J connectivity index is 0.000000190. The number of carboxylic acid groups (broad SMARTS) is 1. The zero-order chi connectivity index (χ0) is 44.8. The van der Waals surface area contributed by atoms with E-state index in [0.29, 0.717) is 17.9 Å². The summed E-state index contributed by atoms with van der Waals surface area (Å²) in [5.41, 5.74) is 2.46. The van der Waals surface area contributed by atoms with Crippen molar-refractivity contribution in [2.24, 2.45) is 23.7 Å². The molecule has 0 radical (unpaired) electrons. The summed E-state index contributed by atoms with van der Waals surface area (Å²) in [4.78, 5) is 28.3. The summed E-state index contributed by atoms with van der Waals surface area (Å²) >= 11 is 13.7. The zero-order valence-electron chi connectivity index (χ0n) is 38.4. The molecule has 2 unspecified atom stereocenters. The maximum atomic E-state index is 12.3. The average molecular weight is 902 g/mol. The molecule has 4 aromatic carbocycles. The molecule has 2 atom stereocenters. The maximum absolute atomic E-state index is 12.3. The third kappa shape index (κ3) is 12.0. The van der Waals surface area contributed by atoms with Crippen molar-refractivity contribution in [2.75, 3.05) is 26.2 Å². The highest BCUT2D eigenvalue weighted by molar-refractivity contribution is 6.37. The zero-order valence-corrected chi connectivity index (χ0v) is 39.9. The summed E-state index contributed by atoms with van der Waals surface area (Å²) in [6, 6.07) is 21.8. The summed E-state index contributed by atoms with van der Waals surface area (Å²) < 4.78 is 18.0. The van der Waals surface area contributed by atoms with Crippen molar-refractivity contribution < 1.29 is 28.9 Å². The molecule has 0 spiro atoms.